The number of aliphatic carboxylic acids is 1. The second kappa shape index (κ2) is 6.03. The molecule has 3 N–H and O–H groups in total. The van der Waals surface area contributed by atoms with Crippen LogP contribution in [0.15, 0.2) is 36.4 Å². The quantitative estimate of drug-likeness (QED) is 0.796. The number of phenols is 1. The van der Waals surface area contributed by atoms with Crippen molar-refractivity contribution in [3.8, 4) is 5.75 Å². The second-order valence-corrected chi connectivity index (χ2v) is 4.90. The van der Waals surface area contributed by atoms with E-state index in [0.29, 0.717) is 16.9 Å². The smallest absolute Gasteiger partial charge is 0.307 e. The number of hydrogen-bond acceptors (Lipinski definition) is 3. The molecule has 0 bridgehead atoms. The molecule has 0 aromatic heterocycles. The maximum atomic E-state index is 10.8. The third-order valence-electron chi connectivity index (χ3n) is 2.70. The zero-order valence-corrected chi connectivity index (χ0v) is 11.7. The molecule has 0 aliphatic heterocycles. The van der Waals surface area contributed by atoms with Gasteiger partial charge in [-0.2, -0.15) is 0 Å². The molecule has 2 aromatic rings. The average Bonchev–Trinajstić information content (AvgIpc) is 2.41. The fourth-order valence-corrected chi connectivity index (χ4v) is 2.16. The van der Waals surface area contributed by atoms with Gasteiger partial charge in [-0.15, -0.1) is 0 Å². The molecule has 0 saturated heterocycles. The highest BCUT2D eigenvalue weighted by Gasteiger charge is 2.12. The Morgan fingerprint density at radius 1 is 1.10 bits per heavy atom. The van der Waals surface area contributed by atoms with Crippen LogP contribution in [-0.4, -0.2) is 16.2 Å². The van der Waals surface area contributed by atoms with Crippen LogP contribution in [-0.2, 0) is 11.2 Å². The third-order valence-corrected chi connectivity index (χ3v) is 3.38. The topological polar surface area (TPSA) is 69.6 Å². The van der Waals surface area contributed by atoms with E-state index in [0.717, 1.165) is 0 Å². The van der Waals surface area contributed by atoms with Gasteiger partial charge in [0, 0.05) is 5.69 Å². The van der Waals surface area contributed by atoms with E-state index < -0.39 is 5.97 Å². The minimum atomic E-state index is -0.927. The number of carboxylic acid groups (broad SMARTS) is 1. The van der Waals surface area contributed by atoms with Gasteiger partial charge in [-0.25, -0.2) is 0 Å². The lowest BCUT2D eigenvalue weighted by Crippen LogP contribution is -2.03. The fraction of sp³-hybridized carbons (Fsp3) is 0.0714. The summed E-state index contributed by atoms with van der Waals surface area (Å²) in [5.74, 6) is -1.14. The monoisotopic (exact) mass is 311 g/mol. The van der Waals surface area contributed by atoms with Gasteiger partial charge in [0.25, 0.3) is 0 Å². The highest BCUT2D eigenvalue weighted by molar-refractivity contribution is 6.38. The van der Waals surface area contributed by atoms with Gasteiger partial charge in [0.15, 0.2) is 5.75 Å². The summed E-state index contributed by atoms with van der Waals surface area (Å²) in [7, 11) is 0. The normalized spacial score (nSPS) is 10.3. The highest BCUT2D eigenvalue weighted by Crippen LogP contribution is 2.38. The molecule has 0 saturated carbocycles. The lowest BCUT2D eigenvalue weighted by atomic mass is 10.1. The molecule has 0 aliphatic carbocycles. The molecular formula is C14H11Cl2NO3. The fourth-order valence-electron chi connectivity index (χ4n) is 1.74. The summed E-state index contributed by atoms with van der Waals surface area (Å²) < 4.78 is 0. The number of halogens is 2. The van der Waals surface area contributed by atoms with E-state index in [9.17, 15) is 9.90 Å². The van der Waals surface area contributed by atoms with Crippen LogP contribution in [0.1, 0.15) is 5.56 Å². The van der Waals surface area contributed by atoms with Crippen molar-refractivity contribution in [2.45, 2.75) is 6.42 Å². The van der Waals surface area contributed by atoms with Gasteiger partial charge < -0.3 is 15.5 Å². The van der Waals surface area contributed by atoms with Crippen LogP contribution in [0.3, 0.4) is 0 Å². The number of nitrogens with one attached hydrogen (secondary N) is 1. The lowest BCUT2D eigenvalue weighted by Gasteiger charge is -2.13. The molecule has 0 heterocycles. The number of hydrogen-bond donors (Lipinski definition) is 3. The van der Waals surface area contributed by atoms with Gasteiger partial charge in [0.05, 0.1) is 17.1 Å². The highest BCUT2D eigenvalue weighted by atomic mass is 35.5. The van der Waals surface area contributed by atoms with Crippen LogP contribution in [0.5, 0.6) is 5.75 Å². The van der Waals surface area contributed by atoms with Crippen molar-refractivity contribution in [3.05, 3.63) is 52.0 Å². The number of benzene rings is 2. The molecule has 0 fully saturated rings. The first-order chi connectivity index (χ1) is 9.49. The Labute approximate surface area is 125 Å². The Morgan fingerprint density at radius 2 is 1.80 bits per heavy atom. The van der Waals surface area contributed by atoms with Crippen LogP contribution < -0.4 is 5.32 Å². The van der Waals surface area contributed by atoms with Gasteiger partial charge in [-0.05, 0) is 23.8 Å². The lowest BCUT2D eigenvalue weighted by molar-refractivity contribution is -0.136. The third kappa shape index (κ3) is 3.15. The number of anilines is 2. The van der Waals surface area contributed by atoms with Crippen molar-refractivity contribution in [1.82, 2.24) is 0 Å². The van der Waals surface area contributed by atoms with Gasteiger partial charge in [0.2, 0.25) is 0 Å². The van der Waals surface area contributed by atoms with Crippen molar-refractivity contribution < 1.29 is 15.0 Å². The van der Waals surface area contributed by atoms with E-state index in [4.69, 9.17) is 28.3 Å². The minimum Gasteiger partial charge on any atom is -0.505 e. The summed E-state index contributed by atoms with van der Waals surface area (Å²) in [4.78, 5) is 10.8. The zero-order valence-electron chi connectivity index (χ0n) is 10.2. The van der Waals surface area contributed by atoms with E-state index in [1.54, 1.807) is 30.3 Å². The summed E-state index contributed by atoms with van der Waals surface area (Å²) in [5.41, 5.74) is 1.68. The van der Waals surface area contributed by atoms with Crippen molar-refractivity contribution >= 4 is 40.5 Å². The van der Waals surface area contributed by atoms with Crippen molar-refractivity contribution in [2.24, 2.45) is 0 Å². The first-order valence-electron chi connectivity index (χ1n) is 5.72. The Morgan fingerprint density at radius 3 is 2.50 bits per heavy atom. The molecule has 6 heteroatoms. The molecule has 0 radical (unpaired) electrons. The molecule has 2 aromatic carbocycles. The Hall–Kier alpha value is -1.91. The average molecular weight is 312 g/mol. The summed E-state index contributed by atoms with van der Waals surface area (Å²) in [5, 5.41) is 21.8. The van der Waals surface area contributed by atoms with Crippen LogP contribution in [0.4, 0.5) is 11.4 Å². The van der Waals surface area contributed by atoms with Crippen LogP contribution in [0.25, 0.3) is 0 Å². The Kier molecular flexibility index (Phi) is 4.37. The van der Waals surface area contributed by atoms with Crippen LogP contribution in [0.2, 0.25) is 10.0 Å². The molecule has 4 nitrogen and oxygen atoms in total. The van der Waals surface area contributed by atoms with Gasteiger partial charge in [0.1, 0.15) is 5.02 Å². The van der Waals surface area contributed by atoms with Gasteiger partial charge in [-0.1, -0.05) is 41.4 Å². The van der Waals surface area contributed by atoms with E-state index in [2.05, 4.69) is 5.32 Å². The largest absolute Gasteiger partial charge is 0.505 e. The molecule has 0 aliphatic rings. The summed E-state index contributed by atoms with van der Waals surface area (Å²) in [6, 6.07) is 10.1. The van der Waals surface area contributed by atoms with Crippen LogP contribution in [0, 0.1) is 0 Å². The van der Waals surface area contributed by atoms with Crippen LogP contribution >= 0.6 is 23.2 Å². The van der Waals surface area contributed by atoms with E-state index >= 15 is 0 Å². The SMILES string of the molecule is O=C(O)Cc1ccccc1Nc1ccc(Cl)c(O)c1Cl. The van der Waals surface area contributed by atoms with Crippen molar-refractivity contribution in [3.63, 3.8) is 0 Å². The predicted molar refractivity (Wildman–Crippen MR) is 79.2 cm³/mol. The number of para-hydroxylation sites is 1. The van der Waals surface area contributed by atoms with E-state index in [1.807, 2.05) is 0 Å². The second-order valence-electron chi connectivity index (χ2n) is 4.11. The molecule has 0 atom stereocenters. The first-order valence-corrected chi connectivity index (χ1v) is 6.48. The van der Waals surface area contributed by atoms with Gasteiger partial charge >= 0.3 is 5.97 Å². The number of carboxylic acids is 1. The van der Waals surface area contributed by atoms with Crippen molar-refractivity contribution in [2.75, 3.05) is 5.32 Å². The number of aromatic hydroxyl groups is 1. The number of phenolic OH excluding ortho intramolecular Hbond substituents is 1. The number of rotatable bonds is 4. The Bertz CT molecular complexity index is 659. The maximum Gasteiger partial charge on any atom is 0.307 e. The van der Waals surface area contributed by atoms with E-state index in [1.165, 1.54) is 6.07 Å². The summed E-state index contributed by atoms with van der Waals surface area (Å²) in [6.07, 6.45) is -0.111. The van der Waals surface area contributed by atoms with Gasteiger partial charge in [-0.3, -0.25) is 4.79 Å². The number of carbonyl (C=O) groups is 1. The molecule has 0 unspecified atom stereocenters. The molecule has 0 spiro atoms. The summed E-state index contributed by atoms with van der Waals surface area (Å²) in [6.45, 7) is 0. The molecule has 20 heavy (non-hydrogen) atoms. The molecule has 2 rings (SSSR count). The standard InChI is InChI=1S/C14H11Cl2NO3/c15-9-5-6-11(13(16)14(9)20)17-10-4-2-1-3-8(10)7-12(18)19/h1-6,17,20H,7H2,(H,18,19). The molecule has 0 amide bonds. The summed E-state index contributed by atoms with van der Waals surface area (Å²) >= 11 is 11.7. The molecule has 104 valence electrons. The van der Waals surface area contributed by atoms with E-state index in [-0.39, 0.29) is 22.2 Å². The first kappa shape index (κ1) is 14.5. The molecular weight excluding hydrogens is 301 g/mol. The van der Waals surface area contributed by atoms with Crippen molar-refractivity contribution in [1.29, 1.82) is 0 Å². The zero-order chi connectivity index (χ0) is 14.7. The minimum absolute atomic E-state index is 0.0858. The predicted octanol–water partition coefficient (Wildman–Crippen LogP) is 4.07. The maximum absolute atomic E-state index is 10.8. The Balaban J connectivity index is 2.35.